The van der Waals surface area contributed by atoms with Crippen molar-refractivity contribution in [3.05, 3.63) is 82.9 Å². The highest BCUT2D eigenvalue weighted by Gasteiger charge is 2.10. The van der Waals surface area contributed by atoms with E-state index in [-0.39, 0.29) is 5.75 Å². The van der Waals surface area contributed by atoms with Crippen molar-refractivity contribution in [2.75, 3.05) is 23.9 Å². The second kappa shape index (κ2) is 10.0. The molecule has 0 aliphatic heterocycles. The van der Waals surface area contributed by atoms with Gasteiger partial charge in [-0.3, -0.25) is 0 Å². The molecule has 0 fully saturated rings. The van der Waals surface area contributed by atoms with Crippen LogP contribution in [0.5, 0.6) is 5.75 Å². The van der Waals surface area contributed by atoms with Crippen LogP contribution in [0.15, 0.2) is 60.7 Å². The van der Waals surface area contributed by atoms with Gasteiger partial charge in [0.25, 0.3) is 0 Å². The molecule has 3 rings (SSSR count). The second-order valence-corrected chi connectivity index (χ2v) is 10.4. The zero-order chi connectivity index (χ0) is 22.4. The Morgan fingerprint density at radius 2 is 1.58 bits per heavy atom. The lowest BCUT2D eigenvalue weighted by molar-refractivity contribution is 0.317. The Balaban J connectivity index is 1.70. The van der Waals surface area contributed by atoms with E-state index in [0.717, 1.165) is 29.1 Å². The maximum Gasteiger partial charge on any atom is 0.147 e. The molecule has 0 aliphatic rings. The molecule has 0 spiro atoms. The minimum atomic E-state index is -2.95. The molecule has 0 amide bonds. The van der Waals surface area contributed by atoms with Crippen LogP contribution in [0.3, 0.4) is 0 Å². The zero-order valence-electron chi connectivity index (χ0n) is 18.7. The molecule has 164 valence electrons. The van der Waals surface area contributed by atoms with Crippen molar-refractivity contribution < 1.29 is 13.2 Å². The summed E-state index contributed by atoms with van der Waals surface area (Å²) in [6, 6.07) is 21.1. The molecule has 0 aromatic heterocycles. The van der Waals surface area contributed by atoms with E-state index in [9.17, 15) is 8.42 Å². The van der Waals surface area contributed by atoms with Gasteiger partial charge in [0.15, 0.2) is 0 Å². The number of hydrogen-bond donors (Lipinski definition) is 1. The van der Waals surface area contributed by atoms with Crippen LogP contribution in [0.2, 0.25) is 0 Å². The predicted octanol–water partition coefficient (Wildman–Crippen LogP) is 5.70. The first-order valence-corrected chi connectivity index (χ1v) is 12.6. The molecular formula is C26H31NO3S. The fourth-order valence-electron chi connectivity index (χ4n) is 3.69. The molecule has 0 atom stereocenters. The first kappa shape index (κ1) is 22.9. The van der Waals surface area contributed by atoms with Crippen LogP contribution in [-0.2, 0) is 16.4 Å². The van der Waals surface area contributed by atoms with Gasteiger partial charge in [0.1, 0.15) is 15.6 Å². The van der Waals surface area contributed by atoms with Crippen LogP contribution in [0.1, 0.15) is 28.7 Å². The van der Waals surface area contributed by atoms with Crippen LogP contribution in [0.25, 0.3) is 11.1 Å². The van der Waals surface area contributed by atoms with Gasteiger partial charge in [-0.05, 0) is 85.3 Å². The van der Waals surface area contributed by atoms with Crippen molar-refractivity contribution in [2.45, 2.75) is 33.7 Å². The van der Waals surface area contributed by atoms with Crippen LogP contribution >= 0.6 is 0 Å². The SMILES string of the molecule is Cc1ccc(NCc2cccc(-c3c(C)cc(OCCCS(C)(=O)=O)cc3C)c2)cc1. The summed E-state index contributed by atoms with van der Waals surface area (Å²) in [4.78, 5) is 0. The Labute approximate surface area is 186 Å². The van der Waals surface area contributed by atoms with E-state index in [1.54, 1.807) is 0 Å². The molecule has 4 nitrogen and oxygen atoms in total. The number of aryl methyl sites for hydroxylation is 3. The Morgan fingerprint density at radius 3 is 2.23 bits per heavy atom. The summed E-state index contributed by atoms with van der Waals surface area (Å²) in [7, 11) is -2.95. The third-order valence-electron chi connectivity index (χ3n) is 5.20. The number of rotatable bonds is 9. The lowest BCUT2D eigenvalue weighted by atomic mass is 9.94. The van der Waals surface area contributed by atoms with Crippen molar-refractivity contribution >= 4 is 15.5 Å². The molecule has 0 aliphatic carbocycles. The average molecular weight is 438 g/mol. The summed E-state index contributed by atoms with van der Waals surface area (Å²) < 4.78 is 28.3. The second-order valence-electron chi connectivity index (χ2n) is 8.18. The van der Waals surface area contributed by atoms with Crippen molar-refractivity contribution in [1.82, 2.24) is 0 Å². The summed E-state index contributed by atoms with van der Waals surface area (Å²) >= 11 is 0. The highest BCUT2D eigenvalue weighted by molar-refractivity contribution is 7.90. The fourth-order valence-corrected chi connectivity index (χ4v) is 4.33. The largest absolute Gasteiger partial charge is 0.494 e. The Morgan fingerprint density at radius 1 is 0.903 bits per heavy atom. The quantitative estimate of drug-likeness (QED) is 0.436. The van der Waals surface area contributed by atoms with Gasteiger partial charge in [-0.2, -0.15) is 0 Å². The van der Waals surface area contributed by atoms with Gasteiger partial charge >= 0.3 is 0 Å². The standard InChI is InChI=1S/C26H31NO3S/c1-19-9-11-24(12-10-19)27-18-22-7-5-8-23(17-22)26-20(2)15-25(16-21(26)3)30-13-6-14-31(4,28)29/h5,7-12,15-17,27H,6,13-14,18H2,1-4H3. The van der Waals surface area contributed by atoms with Crippen molar-refractivity contribution in [2.24, 2.45) is 0 Å². The van der Waals surface area contributed by atoms with Crippen molar-refractivity contribution in [1.29, 1.82) is 0 Å². The van der Waals surface area contributed by atoms with Gasteiger partial charge in [0.2, 0.25) is 0 Å². The van der Waals surface area contributed by atoms with Gasteiger partial charge in [0, 0.05) is 18.5 Å². The van der Waals surface area contributed by atoms with E-state index < -0.39 is 9.84 Å². The Kier molecular flexibility index (Phi) is 7.39. The number of benzene rings is 3. The normalized spacial score (nSPS) is 11.4. The molecule has 3 aromatic carbocycles. The molecular weight excluding hydrogens is 406 g/mol. The molecule has 0 unspecified atom stereocenters. The smallest absolute Gasteiger partial charge is 0.147 e. The lowest BCUT2D eigenvalue weighted by Gasteiger charge is -2.15. The number of ether oxygens (including phenoxy) is 1. The molecule has 5 heteroatoms. The summed E-state index contributed by atoms with van der Waals surface area (Å²) in [5.41, 5.74) is 8.26. The molecule has 0 radical (unpaired) electrons. The molecule has 0 saturated heterocycles. The maximum absolute atomic E-state index is 11.3. The summed E-state index contributed by atoms with van der Waals surface area (Å²) in [5.74, 6) is 0.927. The van der Waals surface area contributed by atoms with Gasteiger partial charge in [-0.25, -0.2) is 8.42 Å². The van der Waals surface area contributed by atoms with Gasteiger partial charge in [-0.15, -0.1) is 0 Å². The highest BCUT2D eigenvalue weighted by Crippen LogP contribution is 2.31. The minimum Gasteiger partial charge on any atom is -0.494 e. The van der Waals surface area contributed by atoms with Crippen LogP contribution in [0, 0.1) is 20.8 Å². The number of nitrogens with one attached hydrogen (secondary N) is 1. The summed E-state index contributed by atoms with van der Waals surface area (Å²) in [6.45, 7) is 7.41. The average Bonchev–Trinajstić information content (AvgIpc) is 2.70. The maximum atomic E-state index is 11.3. The first-order chi connectivity index (χ1) is 14.7. The topological polar surface area (TPSA) is 55.4 Å². The Hall–Kier alpha value is -2.79. The van der Waals surface area contributed by atoms with Crippen molar-refractivity contribution in [3.63, 3.8) is 0 Å². The lowest BCUT2D eigenvalue weighted by Crippen LogP contribution is -2.08. The highest BCUT2D eigenvalue weighted by atomic mass is 32.2. The van der Waals surface area contributed by atoms with Crippen LogP contribution in [-0.4, -0.2) is 27.0 Å². The molecule has 0 saturated carbocycles. The van der Waals surface area contributed by atoms with Gasteiger partial charge in [0.05, 0.1) is 12.4 Å². The fraction of sp³-hybridized carbons (Fsp3) is 0.308. The van der Waals surface area contributed by atoms with E-state index in [2.05, 4.69) is 74.6 Å². The monoisotopic (exact) mass is 437 g/mol. The molecule has 31 heavy (non-hydrogen) atoms. The molecule has 3 aromatic rings. The zero-order valence-corrected chi connectivity index (χ0v) is 19.6. The van der Waals surface area contributed by atoms with E-state index >= 15 is 0 Å². The summed E-state index contributed by atoms with van der Waals surface area (Å²) in [5, 5.41) is 3.48. The number of hydrogen-bond acceptors (Lipinski definition) is 4. The van der Waals surface area contributed by atoms with Crippen molar-refractivity contribution in [3.8, 4) is 16.9 Å². The number of anilines is 1. The predicted molar refractivity (Wildman–Crippen MR) is 130 cm³/mol. The van der Waals surface area contributed by atoms with E-state index in [1.807, 2.05) is 12.1 Å². The third kappa shape index (κ3) is 6.86. The minimum absolute atomic E-state index is 0.145. The first-order valence-electron chi connectivity index (χ1n) is 10.5. The summed E-state index contributed by atoms with van der Waals surface area (Å²) in [6.07, 6.45) is 1.75. The van der Waals surface area contributed by atoms with Crippen LogP contribution in [0.4, 0.5) is 5.69 Å². The molecule has 1 N–H and O–H groups in total. The van der Waals surface area contributed by atoms with Crippen LogP contribution < -0.4 is 10.1 Å². The Bertz CT molecular complexity index is 1110. The van der Waals surface area contributed by atoms with E-state index in [4.69, 9.17) is 4.74 Å². The molecule has 0 heterocycles. The van der Waals surface area contributed by atoms with Gasteiger partial charge in [-0.1, -0.05) is 35.9 Å². The van der Waals surface area contributed by atoms with E-state index in [0.29, 0.717) is 13.0 Å². The van der Waals surface area contributed by atoms with E-state index in [1.165, 1.54) is 28.5 Å². The van der Waals surface area contributed by atoms with Gasteiger partial charge < -0.3 is 10.1 Å². The number of sulfone groups is 1. The third-order valence-corrected chi connectivity index (χ3v) is 6.23. The molecule has 0 bridgehead atoms.